The summed E-state index contributed by atoms with van der Waals surface area (Å²) in [6.45, 7) is 11.9. The fourth-order valence-corrected chi connectivity index (χ4v) is 2.77. The van der Waals surface area contributed by atoms with E-state index in [2.05, 4.69) is 38.1 Å². The van der Waals surface area contributed by atoms with Crippen LogP contribution in [0.25, 0.3) is 0 Å². The Morgan fingerprint density at radius 2 is 1.68 bits per heavy atom. The Kier molecular flexibility index (Phi) is 5.15. The van der Waals surface area contributed by atoms with Crippen molar-refractivity contribution >= 4 is 5.91 Å². The molecule has 1 aliphatic rings. The molecule has 0 unspecified atom stereocenters. The molecule has 0 aliphatic carbocycles. The molecule has 1 aromatic carbocycles. The van der Waals surface area contributed by atoms with E-state index in [0.717, 1.165) is 31.7 Å². The molecule has 1 heterocycles. The van der Waals surface area contributed by atoms with Crippen LogP contribution < -0.4 is 4.74 Å². The van der Waals surface area contributed by atoms with Gasteiger partial charge < -0.3 is 9.64 Å². The van der Waals surface area contributed by atoms with E-state index in [0.29, 0.717) is 5.92 Å². The molecule has 0 bridgehead atoms. The number of nitrogens with zero attached hydrogens (tertiary/aromatic N) is 1. The van der Waals surface area contributed by atoms with Crippen LogP contribution in [0.5, 0.6) is 5.75 Å². The summed E-state index contributed by atoms with van der Waals surface area (Å²) < 4.78 is 6.07. The minimum absolute atomic E-state index is 0.217. The summed E-state index contributed by atoms with van der Waals surface area (Å²) in [6.07, 6.45) is 2.04. The molecule has 3 nitrogen and oxygen atoms in total. The van der Waals surface area contributed by atoms with E-state index < -0.39 is 0 Å². The van der Waals surface area contributed by atoms with Crippen LogP contribution >= 0.6 is 0 Å². The summed E-state index contributed by atoms with van der Waals surface area (Å²) in [5, 5.41) is 0. The van der Waals surface area contributed by atoms with E-state index in [1.54, 1.807) is 0 Å². The van der Waals surface area contributed by atoms with Gasteiger partial charge in [0.05, 0.1) is 0 Å². The fraction of sp³-hybridized carbons (Fsp3) is 0.632. The number of hydrogen-bond acceptors (Lipinski definition) is 2. The van der Waals surface area contributed by atoms with Gasteiger partial charge in [-0.3, -0.25) is 4.79 Å². The number of hydrogen-bond donors (Lipinski definition) is 0. The Bertz CT molecular complexity index is 491. The van der Waals surface area contributed by atoms with Crippen LogP contribution in [0, 0.1) is 5.41 Å². The van der Waals surface area contributed by atoms with Crippen LogP contribution in [-0.2, 0) is 4.79 Å². The van der Waals surface area contributed by atoms with Crippen molar-refractivity contribution in [2.24, 2.45) is 5.41 Å². The third kappa shape index (κ3) is 4.25. The maximum absolute atomic E-state index is 12.3. The average Bonchev–Trinajstić information content (AvgIpc) is 2.47. The third-order valence-corrected chi connectivity index (χ3v) is 4.22. The summed E-state index contributed by atoms with van der Waals surface area (Å²) in [5.41, 5.74) is 1.04. The minimum atomic E-state index is -0.291. The predicted molar refractivity (Wildman–Crippen MR) is 90.2 cm³/mol. The molecule has 0 aromatic heterocycles. The van der Waals surface area contributed by atoms with Gasteiger partial charge in [-0.25, -0.2) is 0 Å². The number of amides is 1. The van der Waals surface area contributed by atoms with Crippen molar-refractivity contribution in [3.63, 3.8) is 0 Å². The molecule has 0 N–H and O–H groups in total. The molecule has 1 amide bonds. The molecule has 0 atom stereocenters. The second-order valence-electron chi connectivity index (χ2n) is 7.58. The van der Waals surface area contributed by atoms with Gasteiger partial charge in [0.15, 0.2) is 0 Å². The van der Waals surface area contributed by atoms with Crippen LogP contribution in [0.3, 0.4) is 0 Å². The highest BCUT2D eigenvalue weighted by atomic mass is 16.5. The van der Waals surface area contributed by atoms with Crippen molar-refractivity contribution < 1.29 is 9.53 Å². The van der Waals surface area contributed by atoms with E-state index in [9.17, 15) is 4.79 Å². The predicted octanol–water partition coefficient (Wildman–Crippen LogP) is 4.23. The van der Waals surface area contributed by atoms with E-state index >= 15 is 0 Å². The highest BCUT2D eigenvalue weighted by molar-refractivity contribution is 5.81. The Labute approximate surface area is 134 Å². The number of piperidine rings is 1. The molecule has 1 aliphatic heterocycles. The smallest absolute Gasteiger partial charge is 0.227 e. The van der Waals surface area contributed by atoms with Crippen LogP contribution in [0.2, 0.25) is 0 Å². The van der Waals surface area contributed by atoms with Gasteiger partial charge in [-0.2, -0.15) is 0 Å². The number of benzene rings is 1. The van der Waals surface area contributed by atoms with E-state index in [1.807, 2.05) is 25.7 Å². The molecule has 22 heavy (non-hydrogen) atoms. The molecular formula is C19H29NO2. The minimum Gasteiger partial charge on any atom is -0.490 e. The summed E-state index contributed by atoms with van der Waals surface area (Å²) >= 11 is 0. The second kappa shape index (κ2) is 6.72. The summed E-state index contributed by atoms with van der Waals surface area (Å²) in [7, 11) is 0. The number of carbonyl (C=O) groups is 1. The first kappa shape index (κ1) is 16.9. The van der Waals surface area contributed by atoms with Gasteiger partial charge in [0, 0.05) is 31.3 Å². The summed E-state index contributed by atoms with van der Waals surface area (Å²) in [5.74, 6) is 1.72. The molecule has 122 valence electrons. The van der Waals surface area contributed by atoms with Crippen molar-refractivity contribution in [1.29, 1.82) is 0 Å². The van der Waals surface area contributed by atoms with Crippen molar-refractivity contribution in [1.82, 2.24) is 4.90 Å². The Hall–Kier alpha value is -1.51. The molecule has 1 saturated heterocycles. The van der Waals surface area contributed by atoms with Gasteiger partial charge in [-0.15, -0.1) is 0 Å². The lowest BCUT2D eigenvalue weighted by atomic mass is 9.93. The van der Waals surface area contributed by atoms with Crippen molar-refractivity contribution in [2.45, 2.75) is 59.5 Å². The van der Waals surface area contributed by atoms with Gasteiger partial charge >= 0.3 is 0 Å². The maximum Gasteiger partial charge on any atom is 0.227 e. The highest BCUT2D eigenvalue weighted by Gasteiger charge is 2.30. The summed E-state index contributed by atoms with van der Waals surface area (Å²) in [6, 6.07) is 8.39. The lowest BCUT2D eigenvalue weighted by Crippen LogP contribution is -2.46. The molecule has 3 heteroatoms. The topological polar surface area (TPSA) is 29.5 Å². The van der Waals surface area contributed by atoms with Crippen LogP contribution in [0.4, 0.5) is 0 Å². The normalized spacial score (nSPS) is 16.9. The maximum atomic E-state index is 12.3. The zero-order valence-corrected chi connectivity index (χ0v) is 14.6. The van der Waals surface area contributed by atoms with Gasteiger partial charge in [-0.1, -0.05) is 46.8 Å². The van der Waals surface area contributed by atoms with Gasteiger partial charge in [0.2, 0.25) is 5.91 Å². The fourth-order valence-electron chi connectivity index (χ4n) is 2.77. The van der Waals surface area contributed by atoms with Crippen LogP contribution in [0.15, 0.2) is 24.3 Å². The molecule has 0 radical (unpaired) electrons. The van der Waals surface area contributed by atoms with Crippen molar-refractivity contribution in [3.05, 3.63) is 29.8 Å². The zero-order chi connectivity index (χ0) is 16.3. The van der Waals surface area contributed by atoms with Crippen LogP contribution in [-0.4, -0.2) is 30.0 Å². The average molecular weight is 303 g/mol. The van der Waals surface area contributed by atoms with Crippen molar-refractivity contribution in [2.75, 3.05) is 13.1 Å². The molecular weight excluding hydrogens is 274 g/mol. The number of carbonyl (C=O) groups excluding carboxylic acids is 1. The standard InChI is InChI=1S/C19H29NO2/c1-14(2)15-6-8-16(9-7-15)22-17-10-12-20(13-11-17)18(21)19(3,4)5/h6-9,14,17H,10-13H2,1-5H3. The van der Waals surface area contributed by atoms with Crippen LogP contribution in [0.1, 0.15) is 58.9 Å². The highest BCUT2D eigenvalue weighted by Crippen LogP contribution is 2.24. The van der Waals surface area contributed by atoms with Gasteiger partial charge in [-0.05, 0) is 23.6 Å². The Morgan fingerprint density at radius 1 is 1.14 bits per heavy atom. The van der Waals surface area contributed by atoms with Gasteiger partial charge in [0.25, 0.3) is 0 Å². The number of ether oxygens (including phenoxy) is 1. The first-order valence-electron chi connectivity index (χ1n) is 8.33. The largest absolute Gasteiger partial charge is 0.490 e. The molecule has 1 fully saturated rings. The lowest BCUT2D eigenvalue weighted by molar-refractivity contribution is -0.141. The Morgan fingerprint density at radius 3 is 2.14 bits per heavy atom. The first-order chi connectivity index (χ1) is 10.3. The third-order valence-electron chi connectivity index (χ3n) is 4.22. The van der Waals surface area contributed by atoms with Crippen molar-refractivity contribution in [3.8, 4) is 5.75 Å². The second-order valence-corrected chi connectivity index (χ2v) is 7.58. The Balaban J connectivity index is 1.86. The van der Waals surface area contributed by atoms with Gasteiger partial charge in [0.1, 0.15) is 11.9 Å². The van der Waals surface area contributed by atoms with E-state index in [4.69, 9.17) is 4.74 Å². The number of likely N-dealkylation sites (tertiary alicyclic amines) is 1. The zero-order valence-electron chi connectivity index (χ0n) is 14.6. The molecule has 0 spiro atoms. The number of rotatable bonds is 3. The monoisotopic (exact) mass is 303 g/mol. The quantitative estimate of drug-likeness (QED) is 0.836. The molecule has 0 saturated carbocycles. The SMILES string of the molecule is CC(C)c1ccc(OC2CCN(C(=O)C(C)(C)C)CC2)cc1. The summed E-state index contributed by atoms with van der Waals surface area (Å²) in [4.78, 5) is 14.2. The molecule has 1 aromatic rings. The molecule has 2 rings (SSSR count). The lowest BCUT2D eigenvalue weighted by Gasteiger charge is -2.35. The van der Waals surface area contributed by atoms with E-state index in [-0.39, 0.29) is 17.4 Å². The van der Waals surface area contributed by atoms with E-state index in [1.165, 1.54) is 5.56 Å². The first-order valence-corrected chi connectivity index (χ1v) is 8.33.